The van der Waals surface area contributed by atoms with Gasteiger partial charge in [-0.05, 0) is 38.1 Å². The first-order valence-corrected chi connectivity index (χ1v) is 9.04. The third-order valence-electron chi connectivity index (χ3n) is 4.63. The Hall–Kier alpha value is -2.44. The SMILES string of the molecule is O=C1C=C(NCCN2CCCC2)C(=O)c2oc(-c3ccccc3Cl)nc21. The predicted octanol–water partition coefficient (Wildman–Crippen LogP) is 2.94. The van der Waals surface area contributed by atoms with Crippen molar-refractivity contribution in [1.29, 1.82) is 0 Å². The van der Waals surface area contributed by atoms with Crippen molar-refractivity contribution >= 4 is 23.2 Å². The van der Waals surface area contributed by atoms with Crippen molar-refractivity contribution < 1.29 is 14.0 Å². The van der Waals surface area contributed by atoms with Crippen molar-refractivity contribution in [1.82, 2.24) is 15.2 Å². The van der Waals surface area contributed by atoms with Crippen LogP contribution in [0.1, 0.15) is 33.9 Å². The summed E-state index contributed by atoms with van der Waals surface area (Å²) in [5, 5.41) is 3.51. The molecule has 1 saturated heterocycles. The second-order valence-electron chi connectivity index (χ2n) is 6.40. The van der Waals surface area contributed by atoms with Crippen LogP contribution in [0.15, 0.2) is 40.5 Å². The molecule has 1 aromatic heterocycles. The predicted molar refractivity (Wildman–Crippen MR) is 97.4 cm³/mol. The van der Waals surface area contributed by atoms with Crippen LogP contribution in [0.2, 0.25) is 5.02 Å². The molecule has 7 heteroatoms. The monoisotopic (exact) mass is 371 g/mol. The van der Waals surface area contributed by atoms with E-state index in [2.05, 4.69) is 15.2 Å². The molecule has 0 atom stereocenters. The molecule has 1 aliphatic heterocycles. The number of carbonyl (C=O) groups excluding carboxylic acids is 2. The first-order valence-electron chi connectivity index (χ1n) is 8.66. The number of nitrogens with one attached hydrogen (secondary N) is 1. The minimum Gasteiger partial charge on any atom is -0.432 e. The molecule has 0 spiro atoms. The number of ketones is 2. The van der Waals surface area contributed by atoms with Gasteiger partial charge >= 0.3 is 0 Å². The van der Waals surface area contributed by atoms with Gasteiger partial charge in [0.15, 0.2) is 5.69 Å². The van der Waals surface area contributed by atoms with Crippen LogP contribution in [0, 0.1) is 0 Å². The molecular weight excluding hydrogens is 354 g/mol. The van der Waals surface area contributed by atoms with E-state index >= 15 is 0 Å². The van der Waals surface area contributed by atoms with Gasteiger partial charge in [-0.3, -0.25) is 9.59 Å². The van der Waals surface area contributed by atoms with E-state index in [1.807, 2.05) is 0 Å². The van der Waals surface area contributed by atoms with Gasteiger partial charge in [0.25, 0.3) is 0 Å². The van der Waals surface area contributed by atoms with Gasteiger partial charge in [0, 0.05) is 19.2 Å². The highest BCUT2D eigenvalue weighted by molar-refractivity contribution is 6.33. The van der Waals surface area contributed by atoms with E-state index in [-0.39, 0.29) is 34.6 Å². The molecule has 0 radical (unpaired) electrons. The summed E-state index contributed by atoms with van der Waals surface area (Å²) < 4.78 is 5.61. The average Bonchev–Trinajstić information content (AvgIpc) is 3.29. The fourth-order valence-electron chi connectivity index (χ4n) is 3.26. The Bertz CT molecular complexity index is 897. The Labute approximate surface area is 155 Å². The van der Waals surface area contributed by atoms with Crippen LogP contribution in [0.4, 0.5) is 0 Å². The van der Waals surface area contributed by atoms with Gasteiger partial charge in [0.05, 0.1) is 16.3 Å². The van der Waals surface area contributed by atoms with Crippen molar-refractivity contribution in [3.63, 3.8) is 0 Å². The summed E-state index contributed by atoms with van der Waals surface area (Å²) in [6.07, 6.45) is 3.73. The summed E-state index contributed by atoms with van der Waals surface area (Å²) in [6, 6.07) is 7.01. The van der Waals surface area contributed by atoms with Gasteiger partial charge in [0.1, 0.15) is 0 Å². The van der Waals surface area contributed by atoms with Gasteiger partial charge in [-0.2, -0.15) is 0 Å². The lowest BCUT2D eigenvalue weighted by atomic mass is 10.0. The number of hydrogen-bond donors (Lipinski definition) is 1. The van der Waals surface area contributed by atoms with Crippen molar-refractivity contribution in [2.75, 3.05) is 26.2 Å². The first-order chi connectivity index (χ1) is 12.6. The van der Waals surface area contributed by atoms with E-state index in [0.717, 1.165) is 19.6 Å². The van der Waals surface area contributed by atoms with Crippen molar-refractivity contribution in [2.24, 2.45) is 0 Å². The van der Waals surface area contributed by atoms with E-state index < -0.39 is 0 Å². The minimum absolute atomic E-state index is 0.0314. The summed E-state index contributed by atoms with van der Waals surface area (Å²) in [5.41, 5.74) is 0.839. The molecule has 1 fully saturated rings. The largest absolute Gasteiger partial charge is 0.432 e. The number of hydrogen-bond acceptors (Lipinski definition) is 6. The smallest absolute Gasteiger partial charge is 0.246 e. The molecule has 0 unspecified atom stereocenters. The number of rotatable bonds is 5. The number of allylic oxidation sites excluding steroid dienone is 2. The number of oxazole rings is 1. The molecule has 6 nitrogen and oxygen atoms in total. The van der Waals surface area contributed by atoms with E-state index in [1.54, 1.807) is 24.3 Å². The maximum Gasteiger partial charge on any atom is 0.246 e. The number of halogens is 1. The number of fused-ring (bicyclic) bond motifs is 1. The fraction of sp³-hybridized carbons (Fsp3) is 0.316. The highest BCUT2D eigenvalue weighted by Gasteiger charge is 2.32. The number of aromatic nitrogens is 1. The van der Waals surface area contributed by atoms with Crippen LogP contribution < -0.4 is 5.32 Å². The van der Waals surface area contributed by atoms with Gasteiger partial charge in [0.2, 0.25) is 23.2 Å². The Kier molecular flexibility index (Phi) is 4.61. The van der Waals surface area contributed by atoms with Crippen LogP contribution in [0.3, 0.4) is 0 Å². The normalized spacial score (nSPS) is 17.3. The molecule has 2 aromatic rings. The lowest BCUT2D eigenvalue weighted by Crippen LogP contribution is -2.33. The van der Waals surface area contributed by atoms with Crippen LogP contribution >= 0.6 is 11.6 Å². The number of nitrogens with zero attached hydrogens (tertiary/aromatic N) is 2. The van der Waals surface area contributed by atoms with Gasteiger partial charge < -0.3 is 14.6 Å². The molecule has 26 heavy (non-hydrogen) atoms. The Balaban J connectivity index is 1.52. The zero-order valence-electron chi connectivity index (χ0n) is 14.1. The molecule has 2 aliphatic rings. The zero-order chi connectivity index (χ0) is 18.1. The van der Waals surface area contributed by atoms with Crippen LogP contribution in [-0.4, -0.2) is 47.6 Å². The Morgan fingerprint density at radius 3 is 2.73 bits per heavy atom. The highest BCUT2D eigenvalue weighted by Crippen LogP contribution is 2.31. The maximum absolute atomic E-state index is 12.7. The molecule has 0 bridgehead atoms. The van der Waals surface area contributed by atoms with E-state index in [4.69, 9.17) is 16.0 Å². The summed E-state index contributed by atoms with van der Waals surface area (Å²) in [5.74, 6) is -0.553. The fourth-order valence-corrected chi connectivity index (χ4v) is 3.48. The van der Waals surface area contributed by atoms with Gasteiger partial charge in [-0.25, -0.2) is 4.98 Å². The number of Topliss-reactive ketones (excluding diaryl/α,β-unsaturated/α-hetero) is 1. The quantitative estimate of drug-likeness (QED) is 0.870. The number of likely N-dealkylation sites (tertiary alicyclic amines) is 1. The molecular formula is C19H18ClN3O3. The molecule has 0 saturated carbocycles. The second kappa shape index (κ2) is 7.05. The van der Waals surface area contributed by atoms with Gasteiger partial charge in [-0.1, -0.05) is 23.7 Å². The number of carbonyl (C=O) groups is 2. The zero-order valence-corrected chi connectivity index (χ0v) is 14.9. The lowest BCUT2D eigenvalue weighted by Gasteiger charge is -2.17. The molecule has 1 aromatic carbocycles. The van der Waals surface area contributed by atoms with Crippen molar-refractivity contribution in [3.05, 3.63) is 52.5 Å². The molecule has 134 valence electrons. The molecule has 0 amide bonds. The van der Waals surface area contributed by atoms with Crippen LogP contribution in [0.5, 0.6) is 0 Å². The summed E-state index contributed by atoms with van der Waals surface area (Å²) in [4.78, 5) is 31.5. The van der Waals surface area contributed by atoms with Gasteiger partial charge in [-0.15, -0.1) is 0 Å². The Morgan fingerprint density at radius 1 is 1.19 bits per heavy atom. The first kappa shape index (κ1) is 17.0. The lowest BCUT2D eigenvalue weighted by molar-refractivity contribution is 0.0956. The van der Waals surface area contributed by atoms with Crippen molar-refractivity contribution in [2.45, 2.75) is 12.8 Å². The molecule has 1 aliphatic carbocycles. The molecule has 2 heterocycles. The van der Waals surface area contributed by atoms with E-state index in [9.17, 15) is 9.59 Å². The van der Waals surface area contributed by atoms with Crippen molar-refractivity contribution in [3.8, 4) is 11.5 Å². The van der Waals surface area contributed by atoms with E-state index in [1.165, 1.54) is 18.9 Å². The highest BCUT2D eigenvalue weighted by atomic mass is 35.5. The summed E-state index contributed by atoms with van der Waals surface area (Å²) in [6.45, 7) is 3.61. The topological polar surface area (TPSA) is 75.4 Å². The minimum atomic E-state index is -0.355. The average molecular weight is 372 g/mol. The standard InChI is InChI=1S/C19H18ClN3O3/c20-13-6-2-1-5-12(13)19-22-16-15(24)11-14(17(25)18(16)26-19)21-7-10-23-8-3-4-9-23/h1-2,5-6,11,21H,3-4,7-10H2. The summed E-state index contributed by atoms with van der Waals surface area (Å²) in [7, 11) is 0. The number of benzene rings is 1. The van der Waals surface area contributed by atoms with Crippen LogP contribution in [0.25, 0.3) is 11.5 Å². The third-order valence-corrected chi connectivity index (χ3v) is 4.96. The second-order valence-corrected chi connectivity index (χ2v) is 6.81. The molecule has 4 rings (SSSR count). The van der Waals surface area contributed by atoms with E-state index in [0.29, 0.717) is 17.1 Å². The maximum atomic E-state index is 12.7. The third kappa shape index (κ3) is 3.18. The van der Waals surface area contributed by atoms with Crippen LogP contribution in [-0.2, 0) is 0 Å². The summed E-state index contributed by atoms with van der Waals surface area (Å²) >= 11 is 6.15. The molecule has 1 N–H and O–H groups in total. The Morgan fingerprint density at radius 2 is 1.96 bits per heavy atom.